The van der Waals surface area contributed by atoms with Crippen molar-refractivity contribution in [2.45, 2.75) is 33.4 Å². The van der Waals surface area contributed by atoms with Gasteiger partial charge in [0.25, 0.3) is 5.91 Å². The van der Waals surface area contributed by atoms with E-state index in [2.05, 4.69) is 10.6 Å². The lowest BCUT2D eigenvalue weighted by Gasteiger charge is -2.17. The number of nitrogens with one attached hydrogen (secondary N) is 2. The molecule has 0 fully saturated rings. The summed E-state index contributed by atoms with van der Waals surface area (Å²) >= 11 is 0. The maximum Gasteiger partial charge on any atom is 0.260 e. The van der Waals surface area contributed by atoms with Crippen LogP contribution in [-0.4, -0.2) is 32.2 Å². The molecule has 1 rings (SSSR count). The number of ether oxygens (including phenoxy) is 2. The van der Waals surface area contributed by atoms with Crippen LogP contribution in [0.1, 0.15) is 26.3 Å². The van der Waals surface area contributed by atoms with Gasteiger partial charge >= 0.3 is 0 Å². The van der Waals surface area contributed by atoms with E-state index < -0.39 is 6.10 Å². The lowest BCUT2D eigenvalue weighted by Crippen LogP contribution is -2.36. The van der Waals surface area contributed by atoms with Crippen molar-refractivity contribution in [3.63, 3.8) is 0 Å². The molecule has 0 saturated carbocycles. The number of hydrogen-bond acceptors (Lipinski definition) is 4. The highest BCUT2D eigenvalue weighted by molar-refractivity contribution is 5.80. The van der Waals surface area contributed by atoms with Gasteiger partial charge in [0.2, 0.25) is 0 Å². The zero-order valence-corrected chi connectivity index (χ0v) is 12.7. The number of carbonyl (C=O) groups is 1. The Hall–Kier alpha value is -1.75. The fraction of sp³-hybridized carbons (Fsp3) is 0.533. The number of methoxy groups -OCH3 is 1. The third kappa shape index (κ3) is 4.74. The fourth-order valence-corrected chi connectivity index (χ4v) is 1.76. The van der Waals surface area contributed by atoms with Crippen molar-refractivity contribution in [2.75, 3.05) is 20.2 Å². The highest BCUT2D eigenvalue weighted by atomic mass is 16.5. The van der Waals surface area contributed by atoms with Crippen LogP contribution in [-0.2, 0) is 11.3 Å². The second-order valence-electron chi connectivity index (χ2n) is 4.41. The van der Waals surface area contributed by atoms with Gasteiger partial charge in [0.05, 0.1) is 7.11 Å². The molecule has 0 heterocycles. The minimum atomic E-state index is -0.524. The van der Waals surface area contributed by atoms with Crippen molar-refractivity contribution in [2.24, 2.45) is 0 Å². The molecule has 1 aromatic carbocycles. The van der Waals surface area contributed by atoms with Gasteiger partial charge in [-0.05, 0) is 38.6 Å². The predicted octanol–water partition coefficient (Wildman–Crippen LogP) is 1.71. The monoisotopic (exact) mass is 280 g/mol. The number of carbonyl (C=O) groups excluding carboxylic acids is 1. The lowest BCUT2D eigenvalue weighted by molar-refractivity contribution is -0.127. The molecule has 1 unspecified atom stereocenters. The van der Waals surface area contributed by atoms with Crippen molar-refractivity contribution in [1.82, 2.24) is 10.6 Å². The summed E-state index contributed by atoms with van der Waals surface area (Å²) in [5, 5.41) is 5.99. The van der Waals surface area contributed by atoms with Crippen LogP contribution in [0.2, 0.25) is 0 Å². The first-order valence-corrected chi connectivity index (χ1v) is 6.94. The highest BCUT2D eigenvalue weighted by Gasteiger charge is 2.15. The molecule has 5 nitrogen and oxygen atoms in total. The molecule has 2 N–H and O–H groups in total. The average molecular weight is 280 g/mol. The van der Waals surface area contributed by atoms with Gasteiger partial charge in [0.1, 0.15) is 11.5 Å². The van der Waals surface area contributed by atoms with Crippen LogP contribution in [0.5, 0.6) is 11.5 Å². The third-order valence-electron chi connectivity index (χ3n) is 2.86. The molecule has 0 spiro atoms. The van der Waals surface area contributed by atoms with E-state index in [1.165, 1.54) is 0 Å². The van der Waals surface area contributed by atoms with E-state index in [0.717, 1.165) is 17.9 Å². The van der Waals surface area contributed by atoms with Crippen molar-refractivity contribution in [1.29, 1.82) is 0 Å². The number of rotatable bonds is 8. The lowest BCUT2D eigenvalue weighted by atomic mass is 10.2. The van der Waals surface area contributed by atoms with Gasteiger partial charge in [0.15, 0.2) is 6.10 Å². The third-order valence-corrected chi connectivity index (χ3v) is 2.86. The Balaban J connectivity index is 2.83. The zero-order valence-electron chi connectivity index (χ0n) is 12.7. The van der Waals surface area contributed by atoms with E-state index in [4.69, 9.17) is 9.47 Å². The van der Waals surface area contributed by atoms with Gasteiger partial charge < -0.3 is 20.1 Å². The second-order valence-corrected chi connectivity index (χ2v) is 4.41. The molecule has 5 heteroatoms. The molecule has 20 heavy (non-hydrogen) atoms. The molecule has 0 aliphatic rings. The first-order chi connectivity index (χ1) is 9.62. The van der Waals surface area contributed by atoms with E-state index in [0.29, 0.717) is 18.8 Å². The van der Waals surface area contributed by atoms with Crippen LogP contribution >= 0.6 is 0 Å². The summed E-state index contributed by atoms with van der Waals surface area (Å²) < 4.78 is 11.0. The average Bonchev–Trinajstić information content (AvgIpc) is 2.46. The minimum absolute atomic E-state index is 0.113. The van der Waals surface area contributed by atoms with Gasteiger partial charge in [-0.15, -0.1) is 0 Å². The topological polar surface area (TPSA) is 59.6 Å². The Morgan fingerprint density at radius 1 is 1.30 bits per heavy atom. The molecule has 112 valence electrons. The summed E-state index contributed by atoms with van der Waals surface area (Å²) in [5.74, 6) is 1.36. The summed E-state index contributed by atoms with van der Waals surface area (Å²) in [6.45, 7) is 7.80. The summed E-state index contributed by atoms with van der Waals surface area (Å²) in [4.78, 5) is 11.7. The maximum atomic E-state index is 11.7. The van der Waals surface area contributed by atoms with Crippen LogP contribution in [0.15, 0.2) is 18.2 Å². The molecule has 0 aromatic heterocycles. The van der Waals surface area contributed by atoms with Gasteiger partial charge in [0, 0.05) is 18.7 Å². The SMILES string of the molecule is CCNCc1cc(OC)ccc1OC(C)C(=O)NCC. The fourth-order valence-electron chi connectivity index (χ4n) is 1.76. The molecular weight excluding hydrogens is 256 g/mol. The van der Waals surface area contributed by atoms with E-state index in [1.54, 1.807) is 14.0 Å². The van der Waals surface area contributed by atoms with E-state index in [9.17, 15) is 4.79 Å². The molecule has 0 saturated heterocycles. The van der Waals surface area contributed by atoms with Crippen LogP contribution in [0.25, 0.3) is 0 Å². The van der Waals surface area contributed by atoms with E-state index >= 15 is 0 Å². The largest absolute Gasteiger partial charge is 0.497 e. The molecule has 0 aliphatic heterocycles. The summed E-state index contributed by atoms with van der Waals surface area (Å²) in [7, 11) is 1.63. The number of benzene rings is 1. The van der Waals surface area contributed by atoms with Crippen molar-refractivity contribution in [3.8, 4) is 11.5 Å². The standard InChI is InChI=1S/C15H24N2O3/c1-5-16-10-12-9-13(19-4)7-8-14(12)20-11(3)15(18)17-6-2/h7-9,11,16H,5-6,10H2,1-4H3,(H,17,18). The first-order valence-electron chi connectivity index (χ1n) is 6.94. The van der Waals surface area contributed by atoms with Gasteiger partial charge in [-0.2, -0.15) is 0 Å². The number of amides is 1. The summed E-state index contributed by atoms with van der Waals surface area (Å²) in [6.07, 6.45) is -0.524. The Bertz CT molecular complexity index is 435. The van der Waals surface area contributed by atoms with E-state index in [1.807, 2.05) is 32.0 Å². The Labute approximate surface area is 120 Å². The van der Waals surface area contributed by atoms with Crippen LogP contribution < -0.4 is 20.1 Å². The first kappa shape index (κ1) is 16.3. The molecule has 1 aromatic rings. The highest BCUT2D eigenvalue weighted by Crippen LogP contribution is 2.25. The van der Waals surface area contributed by atoms with Gasteiger partial charge in [-0.3, -0.25) is 4.79 Å². The van der Waals surface area contributed by atoms with Crippen LogP contribution in [0.4, 0.5) is 0 Å². The van der Waals surface area contributed by atoms with Crippen LogP contribution in [0.3, 0.4) is 0 Å². The Kier molecular flexibility index (Phi) is 6.87. The molecule has 1 amide bonds. The van der Waals surface area contributed by atoms with Crippen molar-refractivity contribution >= 4 is 5.91 Å². The van der Waals surface area contributed by atoms with Gasteiger partial charge in [-0.1, -0.05) is 6.92 Å². The number of hydrogen-bond donors (Lipinski definition) is 2. The van der Waals surface area contributed by atoms with Crippen LogP contribution in [0, 0.1) is 0 Å². The van der Waals surface area contributed by atoms with Crippen molar-refractivity contribution < 1.29 is 14.3 Å². The summed E-state index contributed by atoms with van der Waals surface area (Å²) in [5.41, 5.74) is 0.974. The van der Waals surface area contributed by atoms with Gasteiger partial charge in [-0.25, -0.2) is 0 Å². The summed E-state index contributed by atoms with van der Waals surface area (Å²) in [6, 6.07) is 5.58. The molecular formula is C15H24N2O3. The smallest absolute Gasteiger partial charge is 0.260 e. The normalized spacial score (nSPS) is 11.8. The maximum absolute atomic E-state index is 11.7. The molecule has 0 bridgehead atoms. The Morgan fingerprint density at radius 3 is 2.65 bits per heavy atom. The number of likely N-dealkylation sites (N-methyl/N-ethyl adjacent to an activating group) is 1. The molecule has 1 atom stereocenters. The zero-order chi connectivity index (χ0) is 15.0. The minimum Gasteiger partial charge on any atom is -0.497 e. The molecule has 0 aliphatic carbocycles. The molecule has 0 radical (unpaired) electrons. The second kappa shape index (κ2) is 8.43. The van der Waals surface area contributed by atoms with Crippen molar-refractivity contribution in [3.05, 3.63) is 23.8 Å². The predicted molar refractivity (Wildman–Crippen MR) is 79.1 cm³/mol. The van der Waals surface area contributed by atoms with E-state index in [-0.39, 0.29) is 5.91 Å². The Morgan fingerprint density at radius 2 is 2.05 bits per heavy atom. The quantitative estimate of drug-likeness (QED) is 0.761.